The Morgan fingerprint density at radius 2 is 2.27 bits per heavy atom. The van der Waals surface area contributed by atoms with Crippen LogP contribution in [0.4, 0.5) is 8.78 Å². The van der Waals surface area contributed by atoms with Crippen LogP contribution in [0.5, 0.6) is 0 Å². The van der Waals surface area contributed by atoms with Crippen LogP contribution < -0.4 is 5.73 Å². The van der Waals surface area contributed by atoms with Crippen LogP contribution in [0.3, 0.4) is 0 Å². The van der Waals surface area contributed by atoms with Gasteiger partial charge in [-0.25, -0.2) is 8.78 Å². The van der Waals surface area contributed by atoms with Crippen LogP contribution in [0, 0.1) is 0 Å². The smallest absolute Gasteiger partial charge is 0.253 e. The van der Waals surface area contributed by atoms with Crippen molar-refractivity contribution in [2.24, 2.45) is 5.73 Å². The molecule has 1 aliphatic rings. The lowest BCUT2D eigenvalue weighted by Gasteiger charge is -2.22. The van der Waals surface area contributed by atoms with Crippen LogP contribution in [0.15, 0.2) is 0 Å². The number of nitrogens with zero attached hydrogens (tertiary/aromatic N) is 2. The lowest BCUT2D eigenvalue weighted by atomic mass is 9.92. The van der Waals surface area contributed by atoms with E-state index in [9.17, 15) is 8.78 Å². The molecule has 0 aromatic carbocycles. The summed E-state index contributed by atoms with van der Waals surface area (Å²) < 4.78 is 28.1. The molecule has 1 aromatic heterocycles. The van der Waals surface area contributed by atoms with Gasteiger partial charge in [-0.15, -0.1) is 0 Å². The maximum atomic E-state index is 13.2. The van der Waals surface area contributed by atoms with E-state index in [0.29, 0.717) is 25.2 Å². The normalized spacial score (nSPS) is 18.9. The zero-order chi connectivity index (χ0) is 11.1. The van der Waals surface area contributed by atoms with Gasteiger partial charge < -0.3 is 5.73 Å². The van der Waals surface area contributed by atoms with E-state index >= 15 is 0 Å². The fourth-order valence-corrected chi connectivity index (χ4v) is 2.14. The number of rotatable bonds is 2. The quantitative estimate of drug-likeness (QED) is 0.812. The Kier molecular flexibility index (Phi) is 2.50. The van der Waals surface area contributed by atoms with Crippen LogP contribution in [-0.4, -0.2) is 15.7 Å². The third-order valence-corrected chi connectivity index (χ3v) is 2.91. The van der Waals surface area contributed by atoms with Gasteiger partial charge in [-0.3, -0.25) is 4.68 Å². The van der Waals surface area contributed by atoms with E-state index < -0.39 is 5.92 Å². The molecule has 0 fully saturated rings. The number of hydrogen-bond donors (Lipinski definition) is 1. The zero-order valence-electron chi connectivity index (χ0n) is 8.76. The largest absolute Gasteiger partial charge is 0.325 e. The van der Waals surface area contributed by atoms with Crippen LogP contribution in [0.2, 0.25) is 0 Å². The van der Waals surface area contributed by atoms with Crippen molar-refractivity contribution < 1.29 is 8.78 Å². The predicted octanol–water partition coefficient (Wildman–Crippen LogP) is 1.49. The van der Waals surface area contributed by atoms with Crippen molar-refractivity contribution in [3.05, 3.63) is 17.0 Å². The Labute approximate surface area is 87.3 Å². The fourth-order valence-electron chi connectivity index (χ4n) is 2.14. The van der Waals surface area contributed by atoms with Gasteiger partial charge in [-0.05, 0) is 18.9 Å². The van der Waals surface area contributed by atoms with E-state index in [4.69, 9.17) is 5.73 Å². The molecule has 2 rings (SSSR count). The van der Waals surface area contributed by atoms with E-state index in [0.717, 1.165) is 11.3 Å². The molecule has 0 aliphatic heterocycles. The van der Waals surface area contributed by atoms with E-state index in [-0.39, 0.29) is 12.8 Å². The van der Waals surface area contributed by atoms with Crippen LogP contribution >= 0.6 is 0 Å². The highest BCUT2D eigenvalue weighted by atomic mass is 19.3. The molecule has 84 valence electrons. The molecular weight excluding hydrogens is 200 g/mol. The Balaban J connectivity index is 2.44. The van der Waals surface area contributed by atoms with Crippen molar-refractivity contribution in [2.75, 3.05) is 0 Å². The molecular formula is C10H15F2N3. The third-order valence-electron chi connectivity index (χ3n) is 2.91. The van der Waals surface area contributed by atoms with Gasteiger partial charge in [0, 0.05) is 25.2 Å². The first-order valence-corrected chi connectivity index (χ1v) is 5.22. The summed E-state index contributed by atoms with van der Waals surface area (Å²) in [6.07, 6.45) is 0.125. The number of aryl methyl sites for hydroxylation is 1. The highest BCUT2D eigenvalue weighted by Gasteiger charge is 2.37. The summed E-state index contributed by atoms with van der Waals surface area (Å²) in [7, 11) is 0. The lowest BCUT2D eigenvalue weighted by molar-refractivity contribution is -0.0142. The number of nitrogens with two attached hydrogens (primary N) is 1. The SMILES string of the molecule is CCn1nc(CN)c2c1CC(F)(F)CC2. The molecule has 5 heteroatoms. The molecule has 2 N–H and O–H groups in total. The monoisotopic (exact) mass is 215 g/mol. The second kappa shape index (κ2) is 3.56. The summed E-state index contributed by atoms with van der Waals surface area (Å²) in [4.78, 5) is 0. The first-order chi connectivity index (χ1) is 7.07. The Bertz CT molecular complexity index is 371. The van der Waals surface area contributed by atoms with Crippen LogP contribution in [-0.2, 0) is 25.9 Å². The van der Waals surface area contributed by atoms with Crippen molar-refractivity contribution in [2.45, 2.75) is 45.2 Å². The molecule has 0 unspecified atom stereocenters. The summed E-state index contributed by atoms with van der Waals surface area (Å²) >= 11 is 0. The number of hydrogen-bond acceptors (Lipinski definition) is 2. The molecule has 0 radical (unpaired) electrons. The summed E-state index contributed by atoms with van der Waals surface area (Å²) in [6.45, 7) is 2.86. The second-order valence-corrected chi connectivity index (χ2v) is 3.92. The molecule has 3 nitrogen and oxygen atoms in total. The van der Waals surface area contributed by atoms with E-state index in [2.05, 4.69) is 5.10 Å². The summed E-state index contributed by atoms with van der Waals surface area (Å²) in [5.41, 5.74) is 7.95. The highest BCUT2D eigenvalue weighted by Crippen LogP contribution is 2.34. The maximum absolute atomic E-state index is 13.2. The molecule has 1 heterocycles. The number of alkyl halides is 2. The predicted molar refractivity (Wildman–Crippen MR) is 52.8 cm³/mol. The zero-order valence-corrected chi connectivity index (χ0v) is 8.76. The molecule has 0 atom stereocenters. The van der Waals surface area contributed by atoms with Gasteiger partial charge in [-0.1, -0.05) is 0 Å². The van der Waals surface area contributed by atoms with Crippen LogP contribution in [0.1, 0.15) is 30.3 Å². The van der Waals surface area contributed by atoms with Crippen molar-refractivity contribution >= 4 is 0 Å². The summed E-state index contributed by atoms with van der Waals surface area (Å²) in [5.74, 6) is -2.58. The first kappa shape index (κ1) is 10.5. The van der Waals surface area contributed by atoms with Gasteiger partial charge in [0.2, 0.25) is 0 Å². The van der Waals surface area contributed by atoms with Crippen LogP contribution in [0.25, 0.3) is 0 Å². The molecule has 1 aromatic rings. The van der Waals surface area contributed by atoms with Crippen molar-refractivity contribution in [3.8, 4) is 0 Å². The molecule has 15 heavy (non-hydrogen) atoms. The second-order valence-electron chi connectivity index (χ2n) is 3.92. The average Bonchev–Trinajstić information content (AvgIpc) is 2.53. The van der Waals surface area contributed by atoms with E-state index in [1.165, 1.54) is 0 Å². The molecule has 0 bridgehead atoms. The topological polar surface area (TPSA) is 43.8 Å². The van der Waals surface area contributed by atoms with Crippen molar-refractivity contribution in [3.63, 3.8) is 0 Å². The Hall–Kier alpha value is -0.970. The van der Waals surface area contributed by atoms with Gasteiger partial charge in [0.15, 0.2) is 0 Å². The van der Waals surface area contributed by atoms with Gasteiger partial charge >= 0.3 is 0 Å². The number of halogens is 2. The standard InChI is InChI=1S/C10H15F2N3/c1-2-15-9-5-10(11,12)4-3-7(9)8(6-13)14-15/h2-6,13H2,1H3. The van der Waals surface area contributed by atoms with Gasteiger partial charge in [-0.2, -0.15) is 5.10 Å². The summed E-state index contributed by atoms with van der Waals surface area (Å²) in [5, 5.41) is 4.25. The summed E-state index contributed by atoms with van der Waals surface area (Å²) in [6, 6.07) is 0. The van der Waals surface area contributed by atoms with E-state index in [1.807, 2.05) is 6.92 Å². The van der Waals surface area contributed by atoms with Gasteiger partial charge in [0.25, 0.3) is 5.92 Å². The highest BCUT2D eigenvalue weighted by molar-refractivity contribution is 5.30. The Morgan fingerprint density at radius 1 is 1.53 bits per heavy atom. The molecule has 0 amide bonds. The van der Waals surface area contributed by atoms with E-state index in [1.54, 1.807) is 4.68 Å². The number of fused-ring (bicyclic) bond motifs is 1. The minimum Gasteiger partial charge on any atom is -0.325 e. The lowest BCUT2D eigenvalue weighted by Crippen LogP contribution is -2.27. The van der Waals surface area contributed by atoms with Crippen molar-refractivity contribution in [1.29, 1.82) is 0 Å². The molecule has 0 spiro atoms. The Morgan fingerprint density at radius 3 is 2.87 bits per heavy atom. The molecule has 0 saturated heterocycles. The third kappa shape index (κ3) is 1.76. The minimum atomic E-state index is -2.58. The van der Waals surface area contributed by atoms with Gasteiger partial charge in [0.05, 0.1) is 12.1 Å². The maximum Gasteiger partial charge on any atom is 0.253 e. The first-order valence-electron chi connectivity index (χ1n) is 5.22. The molecule has 1 aliphatic carbocycles. The minimum absolute atomic E-state index is 0.0809. The number of aromatic nitrogens is 2. The average molecular weight is 215 g/mol. The molecule has 0 saturated carbocycles. The fraction of sp³-hybridized carbons (Fsp3) is 0.700. The van der Waals surface area contributed by atoms with Gasteiger partial charge in [0.1, 0.15) is 0 Å². The van der Waals surface area contributed by atoms with Crippen molar-refractivity contribution in [1.82, 2.24) is 9.78 Å².